The molecule has 12 rings (SSSR count). The minimum Gasteiger partial charge on any atom is -0.506 e. The second kappa shape index (κ2) is 40.2. The second-order valence-corrected chi connectivity index (χ2v) is 31.4. The van der Waals surface area contributed by atoms with Crippen molar-refractivity contribution in [2.24, 2.45) is 15.0 Å². The summed E-state index contributed by atoms with van der Waals surface area (Å²) in [4.78, 5) is 104. The highest BCUT2D eigenvalue weighted by atomic mass is 35.5. The van der Waals surface area contributed by atoms with Gasteiger partial charge in [-0.2, -0.15) is 13.2 Å². The van der Waals surface area contributed by atoms with Crippen molar-refractivity contribution >= 4 is 143 Å². The van der Waals surface area contributed by atoms with E-state index in [4.69, 9.17) is 23.2 Å². The maximum absolute atomic E-state index is 12.8. The molecule has 0 saturated carbocycles. The summed E-state index contributed by atoms with van der Waals surface area (Å²) in [5.74, 6) is -1.95. The van der Waals surface area contributed by atoms with Gasteiger partial charge in [-0.05, 0) is 189 Å². The Labute approximate surface area is 683 Å². The number of halogens is 8. The van der Waals surface area contributed by atoms with Crippen LogP contribution in [-0.2, 0) is 25.4 Å². The molecule has 0 aliphatic rings. The van der Waals surface area contributed by atoms with Gasteiger partial charge in [0.1, 0.15) is 42.6 Å². The molecule has 0 atom stereocenters. The van der Waals surface area contributed by atoms with Gasteiger partial charge in [0.15, 0.2) is 17.3 Å². The molecule has 12 aromatic rings. The fourth-order valence-corrected chi connectivity index (χ4v) is 16.5. The van der Waals surface area contributed by atoms with E-state index in [2.05, 4.69) is 50.6 Å². The normalized spacial score (nSPS) is 11.8. The van der Waals surface area contributed by atoms with Crippen LogP contribution in [0.15, 0.2) is 208 Å². The molecule has 0 spiro atoms. The number of carbonyl (C=O) groups is 6. The van der Waals surface area contributed by atoms with Crippen LogP contribution in [0, 0.1) is 0 Å². The van der Waals surface area contributed by atoms with Crippen LogP contribution in [-0.4, -0.2) is 128 Å². The lowest BCUT2D eigenvalue weighted by molar-refractivity contribution is -0.274. The van der Waals surface area contributed by atoms with E-state index in [1.165, 1.54) is 63.8 Å². The van der Waals surface area contributed by atoms with E-state index in [-0.39, 0.29) is 77.7 Å². The average Bonchev–Trinajstić information content (AvgIpc) is 1.59. The van der Waals surface area contributed by atoms with Crippen molar-refractivity contribution in [1.29, 1.82) is 0 Å². The number of hydrogen-bond donors (Lipinski definition) is 6. The second-order valence-electron chi connectivity index (χ2n) is 24.7. The van der Waals surface area contributed by atoms with Gasteiger partial charge in [0.05, 0.1) is 59.5 Å². The molecular formula is C81H67Cl2F6N9O10S6. The number of nitrogens with zero attached hydrogens (tertiary/aromatic N) is 6. The highest BCUT2D eigenvalue weighted by Crippen LogP contribution is 2.43. The largest absolute Gasteiger partial charge is 0.573 e. The minimum atomic E-state index is -4.79. The van der Waals surface area contributed by atoms with E-state index in [1.807, 2.05) is 36.4 Å². The molecule has 3 aromatic carbocycles. The van der Waals surface area contributed by atoms with Gasteiger partial charge in [-0.1, -0.05) is 53.5 Å². The molecule has 0 aliphatic carbocycles. The molecule has 9 heterocycles. The highest BCUT2D eigenvalue weighted by Gasteiger charge is 2.32. The van der Waals surface area contributed by atoms with Crippen molar-refractivity contribution in [3.8, 4) is 54.3 Å². The average molecular weight is 1700 g/mol. The summed E-state index contributed by atoms with van der Waals surface area (Å²) in [6, 6.07) is 35.9. The number of aliphatic imine (C=N–C) groups is 3. The molecule has 0 saturated heterocycles. The van der Waals surface area contributed by atoms with Crippen LogP contribution in [0.5, 0.6) is 23.0 Å². The maximum Gasteiger partial charge on any atom is 0.573 e. The van der Waals surface area contributed by atoms with Crippen LogP contribution in [0.1, 0.15) is 124 Å². The van der Waals surface area contributed by atoms with Crippen molar-refractivity contribution in [3.05, 3.63) is 271 Å². The molecular weight excluding hydrogens is 1640 g/mol. The molecule has 9 aromatic heterocycles. The Hall–Kier alpha value is -10.9. The number of aromatic hydroxyl groups is 3. The number of rotatable bonds is 29. The third kappa shape index (κ3) is 24.1. The quantitative estimate of drug-likeness (QED) is 0.0110. The Morgan fingerprint density at radius 2 is 0.825 bits per heavy atom. The summed E-state index contributed by atoms with van der Waals surface area (Å²) in [5, 5.41) is 46.6. The van der Waals surface area contributed by atoms with Gasteiger partial charge in [0.2, 0.25) is 0 Å². The number of ether oxygens (including phenoxy) is 1. The zero-order valence-electron chi connectivity index (χ0n) is 60.4. The number of thiophene rings is 6. The Bertz CT molecular complexity index is 5460. The van der Waals surface area contributed by atoms with Crippen LogP contribution in [0.2, 0.25) is 10.0 Å². The molecule has 6 N–H and O–H groups in total. The molecule has 0 bridgehead atoms. The fraction of sp³-hybridized carbons (Fsp3) is 0.185. The maximum atomic E-state index is 12.8. The highest BCUT2D eigenvalue weighted by molar-refractivity contribution is 7.17. The van der Waals surface area contributed by atoms with E-state index in [1.54, 1.807) is 129 Å². The van der Waals surface area contributed by atoms with Gasteiger partial charge >= 0.3 is 12.5 Å². The van der Waals surface area contributed by atoms with E-state index < -0.39 is 18.1 Å². The lowest BCUT2D eigenvalue weighted by atomic mass is 10.1. The number of aryl methyl sites for hydroxylation is 1. The predicted molar refractivity (Wildman–Crippen MR) is 439 cm³/mol. The summed E-state index contributed by atoms with van der Waals surface area (Å²) < 4.78 is 79.5. The Morgan fingerprint density at radius 3 is 1.21 bits per heavy atom. The number of Topliss-reactive ketones (excluding diaryl/α,β-unsaturated/α-hetero) is 3. The first-order valence-electron chi connectivity index (χ1n) is 34.4. The predicted octanol–water partition coefficient (Wildman–Crippen LogP) is 19.3. The van der Waals surface area contributed by atoms with Gasteiger partial charge in [-0.25, -0.2) is 0 Å². The SMILES string of the molecule is CC(=NCC(=O)c1ccc(C(=O)NCCCc2ccncc2)s1)c1csc(-c2ccc(Cl)c(Cl)c2)c1O.CC(=NCC(=O)c1ccc(C(=O)NCCc2cccnc2)s1)c1csc(-c2ccc(C(F)(F)F)cc2)c1O.CC(=NCC(=O)c1ccc(C(=O)NCCc2cccnc2)s1)c1csc(-c2ccc(OC(F)(F)F)cc2)c1O. The van der Waals surface area contributed by atoms with Crippen molar-refractivity contribution in [1.82, 2.24) is 30.9 Å². The van der Waals surface area contributed by atoms with Crippen molar-refractivity contribution in [2.45, 2.75) is 59.0 Å². The summed E-state index contributed by atoms with van der Waals surface area (Å²) in [5.41, 5.74) is 6.85. The molecule has 33 heteroatoms. The number of nitrogens with one attached hydrogen (secondary N) is 3. The van der Waals surface area contributed by atoms with E-state index in [0.29, 0.717) is 131 Å². The molecule has 0 fully saturated rings. The number of pyridine rings is 3. The monoisotopic (exact) mass is 1700 g/mol. The standard InChI is InChI=1S/C27H23Cl2N3O3S2.C27H22F3N3O4S2.C27H22F3N3O3S2/c1-16(19-15-36-26(25(19)34)18-4-5-20(28)21(29)13-18)32-14-22(33)23-6-7-24(37-23)27(35)31-10-2-3-17-8-11-30-12-9-17;1-16(20-15-38-25(24(20)35)18-4-6-19(7-5-18)37-27(28,29)30)33-14-21(34)22-8-9-23(39-22)26(36)32-12-10-17-3-2-11-31-13-17;1-16(20-15-37-25(24(20)35)18-4-6-19(7-5-18)27(28,29)30)33-14-21(34)22-8-9-23(38-22)26(36)32-12-10-17-3-2-11-31-13-17/h4-9,11-13,15,34H,2-3,10,14H2,1H3,(H,31,35);2-9,11,13,15,35H,10,12,14H2,1H3,(H,32,36);2-9,11,13,15,35H,10,12,14H2,1H3,(H,32,36). The Balaban J connectivity index is 0.000000181. The molecule has 3 amide bonds. The molecule has 114 heavy (non-hydrogen) atoms. The lowest BCUT2D eigenvalue weighted by Crippen LogP contribution is -2.24. The number of aromatic nitrogens is 3. The first-order chi connectivity index (χ1) is 54.6. The molecule has 19 nitrogen and oxygen atoms in total. The van der Waals surface area contributed by atoms with Crippen LogP contribution in [0.4, 0.5) is 26.3 Å². The van der Waals surface area contributed by atoms with Gasteiger partial charge in [0.25, 0.3) is 17.7 Å². The third-order valence-electron chi connectivity index (χ3n) is 16.7. The fourth-order valence-electron chi connectivity index (χ4n) is 10.6. The number of alkyl halides is 6. The van der Waals surface area contributed by atoms with Crippen molar-refractivity contribution < 1.29 is 75.2 Å². The van der Waals surface area contributed by atoms with Gasteiger partial charge < -0.3 is 36.0 Å². The van der Waals surface area contributed by atoms with Crippen LogP contribution >= 0.6 is 91.2 Å². The summed E-state index contributed by atoms with van der Waals surface area (Å²) in [7, 11) is 0. The molecule has 588 valence electrons. The zero-order chi connectivity index (χ0) is 81.6. The lowest BCUT2D eigenvalue weighted by Gasteiger charge is -2.09. The topological polar surface area (TPSA) is 284 Å². The van der Waals surface area contributed by atoms with Crippen LogP contribution in [0.3, 0.4) is 0 Å². The number of carbonyl (C=O) groups excluding carboxylic acids is 6. The van der Waals surface area contributed by atoms with E-state index in [9.17, 15) is 70.4 Å². The first kappa shape index (κ1) is 85.5. The van der Waals surface area contributed by atoms with Gasteiger partial charge in [-0.15, -0.1) is 81.2 Å². The number of ketones is 3. The summed E-state index contributed by atoms with van der Waals surface area (Å²) >= 11 is 19.1. The molecule has 0 radical (unpaired) electrons. The number of hydrogen-bond acceptors (Lipinski definition) is 22. The zero-order valence-corrected chi connectivity index (χ0v) is 66.8. The molecule has 0 unspecified atom stereocenters. The Morgan fingerprint density at radius 1 is 0.439 bits per heavy atom. The third-order valence-corrected chi connectivity index (χ3v) is 23.9. The Kier molecular flexibility index (Phi) is 30.2. The van der Waals surface area contributed by atoms with E-state index in [0.717, 1.165) is 87.8 Å². The van der Waals surface area contributed by atoms with Crippen molar-refractivity contribution in [3.63, 3.8) is 0 Å². The van der Waals surface area contributed by atoms with Crippen LogP contribution < -0.4 is 20.7 Å². The number of benzene rings is 3. The minimum absolute atomic E-state index is 0.0797. The smallest absolute Gasteiger partial charge is 0.506 e. The number of amides is 3. The van der Waals surface area contributed by atoms with Crippen molar-refractivity contribution in [2.75, 3.05) is 39.3 Å². The van der Waals surface area contributed by atoms with E-state index >= 15 is 0 Å². The van der Waals surface area contributed by atoms with Gasteiger partial charge in [0, 0.05) is 107 Å². The summed E-state index contributed by atoms with van der Waals surface area (Å²) in [6.07, 6.45) is 4.05. The van der Waals surface area contributed by atoms with Crippen LogP contribution in [0.25, 0.3) is 31.3 Å². The molecule has 0 aliphatic heterocycles. The summed E-state index contributed by atoms with van der Waals surface area (Å²) in [6.45, 7) is 6.00. The first-order valence-corrected chi connectivity index (χ1v) is 40.3. The van der Waals surface area contributed by atoms with Gasteiger partial charge in [-0.3, -0.25) is 58.7 Å².